The first-order valence-corrected chi connectivity index (χ1v) is 8.87. The van der Waals surface area contributed by atoms with Gasteiger partial charge in [0, 0.05) is 0 Å². The Morgan fingerprint density at radius 1 is 1.00 bits per heavy atom. The van der Waals surface area contributed by atoms with Crippen molar-refractivity contribution in [1.82, 2.24) is 0 Å². The average Bonchev–Trinajstić information content (AvgIpc) is 3.00. The van der Waals surface area contributed by atoms with Crippen LogP contribution in [0, 0.1) is 5.41 Å². The van der Waals surface area contributed by atoms with E-state index >= 15 is 0 Å². The van der Waals surface area contributed by atoms with Crippen LogP contribution >= 0.6 is 0 Å². The molecule has 1 aliphatic heterocycles. The molecule has 2 aliphatic rings. The van der Waals surface area contributed by atoms with Crippen LogP contribution in [0.5, 0.6) is 0 Å². The second kappa shape index (κ2) is 5.10. The summed E-state index contributed by atoms with van der Waals surface area (Å²) in [5, 5.41) is 0. The van der Waals surface area contributed by atoms with Crippen LogP contribution in [0.1, 0.15) is 44.4 Å². The second-order valence-electron chi connectivity index (χ2n) is 8.42. The van der Waals surface area contributed by atoms with Crippen molar-refractivity contribution < 1.29 is 4.65 Å². The van der Waals surface area contributed by atoms with Crippen molar-refractivity contribution in [2.24, 2.45) is 5.41 Å². The minimum absolute atomic E-state index is 0.0898. The molecule has 0 radical (unpaired) electrons. The van der Waals surface area contributed by atoms with Gasteiger partial charge >= 0.3 is 6.92 Å². The Morgan fingerprint density at radius 3 is 2.46 bits per heavy atom. The van der Waals surface area contributed by atoms with Crippen molar-refractivity contribution >= 4 is 18.5 Å². The molecule has 1 nitrogen and oxygen atoms in total. The van der Waals surface area contributed by atoms with Crippen LogP contribution in [0.2, 0.25) is 6.32 Å². The number of benzene rings is 2. The van der Waals surface area contributed by atoms with Gasteiger partial charge in [-0.15, -0.1) is 0 Å². The summed E-state index contributed by atoms with van der Waals surface area (Å²) in [4.78, 5) is 0. The quantitative estimate of drug-likeness (QED) is 0.609. The molecule has 24 heavy (non-hydrogen) atoms. The highest BCUT2D eigenvalue weighted by atomic mass is 16.5. The van der Waals surface area contributed by atoms with E-state index in [0.717, 1.165) is 12.7 Å². The van der Waals surface area contributed by atoms with E-state index < -0.39 is 0 Å². The first-order chi connectivity index (χ1) is 11.3. The Bertz CT molecular complexity index is 816. The molecule has 2 heteroatoms. The Kier molecular flexibility index (Phi) is 3.34. The van der Waals surface area contributed by atoms with Gasteiger partial charge in [-0.2, -0.15) is 0 Å². The van der Waals surface area contributed by atoms with E-state index in [1.807, 2.05) is 6.08 Å². The van der Waals surface area contributed by atoms with Gasteiger partial charge in [0.25, 0.3) is 0 Å². The van der Waals surface area contributed by atoms with Crippen molar-refractivity contribution in [3.05, 3.63) is 59.7 Å². The van der Waals surface area contributed by atoms with Gasteiger partial charge in [0.05, 0.1) is 5.60 Å². The van der Waals surface area contributed by atoms with E-state index in [2.05, 4.69) is 70.7 Å². The molecule has 0 saturated carbocycles. The van der Waals surface area contributed by atoms with Crippen molar-refractivity contribution in [2.75, 3.05) is 0 Å². The lowest BCUT2D eigenvalue weighted by molar-refractivity contribution is 0.0375. The van der Waals surface area contributed by atoms with Crippen LogP contribution in [0.4, 0.5) is 0 Å². The molecule has 2 aromatic carbocycles. The van der Waals surface area contributed by atoms with Crippen LogP contribution in [0.15, 0.2) is 43.0 Å². The molecule has 1 saturated heterocycles. The SMILES string of the molecule is C=Cc1ccc2c(c1)Cc1ccc(B3CC(C)(C)C(C)(C)O3)cc1-2. The molecule has 1 aliphatic carbocycles. The molecule has 0 atom stereocenters. The molecule has 0 spiro atoms. The summed E-state index contributed by atoms with van der Waals surface area (Å²) in [6.45, 7) is 13.1. The maximum Gasteiger partial charge on any atom is 0.327 e. The van der Waals surface area contributed by atoms with Crippen molar-refractivity contribution in [1.29, 1.82) is 0 Å². The van der Waals surface area contributed by atoms with Crippen LogP contribution in [0.25, 0.3) is 17.2 Å². The van der Waals surface area contributed by atoms with Gasteiger partial charge in [0.1, 0.15) is 0 Å². The van der Waals surface area contributed by atoms with E-state index in [4.69, 9.17) is 4.65 Å². The number of fused-ring (bicyclic) bond motifs is 3. The lowest BCUT2D eigenvalue weighted by Crippen LogP contribution is -2.36. The summed E-state index contributed by atoms with van der Waals surface area (Å²) in [6.07, 6.45) is 4.02. The fraction of sp³-hybridized carbons (Fsp3) is 0.364. The minimum atomic E-state index is -0.0898. The summed E-state index contributed by atoms with van der Waals surface area (Å²) < 4.78 is 6.42. The van der Waals surface area contributed by atoms with Gasteiger partial charge in [-0.05, 0) is 65.3 Å². The predicted molar refractivity (Wildman–Crippen MR) is 104 cm³/mol. The number of hydrogen-bond acceptors (Lipinski definition) is 1. The third-order valence-corrected chi connectivity index (χ3v) is 6.30. The molecule has 0 N–H and O–H groups in total. The zero-order valence-electron chi connectivity index (χ0n) is 15.1. The highest BCUT2D eigenvalue weighted by Gasteiger charge is 2.49. The van der Waals surface area contributed by atoms with E-state index in [-0.39, 0.29) is 17.9 Å². The lowest BCUT2D eigenvalue weighted by atomic mass is 9.54. The topological polar surface area (TPSA) is 9.23 Å². The molecule has 0 aromatic heterocycles. The highest BCUT2D eigenvalue weighted by Crippen LogP contribution is 2.45. The molecule has 0 unspecified atom stereocenters. The Hall–Kier alpha value is -1.80. The van der Waals surface area contributed by atoms with Gasteiger partial charge in [0.2, 0.25) is 0 Å². The van der Waals surface area contributed by atoms with E-state index in [1.54, 1.807) is 0 Å². The maximum absolute atomic E-state index is 6.42. The highest BCUT2D eigenvalue weighted by molar-refractivity contribution is 6.68. The molecule has 4 rings (SSSR count). The smallest absolute Gasteiger partial charge is 0.327 e. The average molecular weight is 316 g/mol. The zero-order valence-corrected chi connectivity index (χ0v) is 15.1. The monoisotopic (exact) mass is 316 g/mol. The Morgan fingerprint density at radius 2 is 1.79 bits per heavy atom. The molecule has 2 aromatic rings. The molecular weight excluding hydrogens is 291 g/mol. The van der Waals surface area contributed by atoms with Gasteiger partial charge < -0.3 is 4.65 Å². The van der Waals surface area contributed by atoms with Crippen molar-refractivity contribution in [2.45, 2.75) is 46.0 Å². The van der Waals surface area contributed by atoms with Gasteiger partial charge in [-0.1, -0.05) is 62.9 Å². The van der Waals surface area contributed by atoms with Crippen LogP contribution in [0.3, 0.4) is 0 Å². The van der Waals surface area contributed by atoms with E-state index in [1.165, 1.54) is 33.3 Å². The summed E-state index contributed by atoms with van der Waals surface area (Å²) in [7, 11) is 0. The third-order valence-electron chi connectivity index (χ3n) is 6.30. The predicted octanol–water partition coefficient (Wildman–Crippen LogP) is 4.93. The first-order valence-electron chi connectivity index (χ1n) is 8.87. The maximum atomic E-state index is 6.42. The molecule has 1 fully saturated rings. The summed E-state index contributed by atoms with van der Waals surface area (Å²) in [5.74, 6) is 0. The third kappa shape index (κ3) is 2.28. The first kappa shape index (κ1) is 15.7. The van der Waals surface area contributed by atoms with Crippen LogP contribution in [-0.4, -0.2) is 12.5 Å². The van der Waals surface area contributed by atoms with Crippen molar-refractivity contribution in [3.8, 4) is 11.1 Å². The number of hydrogen-bond donors (Lipinski definition) is 0. The molecule has 0 amide bonds. The molecule has 0 bridgehead atoms. The minimum Gasteiger partial charge on any atom is -0.426 e. The standard InChI is InChI=1S/C22H25BO/c1-6-15-7-10-19-17(11-15)12-16-8-9-18(13-20(16)19)23-14-21(2,3)22(4,5)24-23/h6-11,13H,1,12,14H2,2-5H3. The van der Waals surface area contributed by atoms with Gasteiger partial charge in [-0.25, -0.2) is 0 Å². The van der Waals surface area contributed by atoms with Crippen molar-refractivity contribution in [3.63, 3.8) is 0 Å². The molecule has 122 valence electrons. The summed E-state index contributed by atoms with van der Waals surface area (Å²) in [5.41, 5.74) is 8.19. The Labute approximate surface area is 145 Å². The summed E-state index contributed by atoms with van der Waals surface area (Å²) >= 11 is 0. The molecular formula is C22H25BO. The van der Waals surface area contributed by atoms with E-state index in [0.29, 0.717) is 0 Å². The normalized spacial score (nSPS) is 19.9. The fourth-order valence-corrected chi connectivity index (χ4v) is 4.01. The molecule has 1 heterocycles. The van der Waals surface area contributed by atoms with Crippen LogP contribution < -0.4 is 5.46 Å². The summed E-state index contributed by atoms with van der Waals surface area (Å²) in [6, 6.07) is 13.6. The van der Waals surface area contributed by atoms with Crippen LogP contribution in [-0.2, 0) is 11.1 Å². The van der Waals surface area contributed by atoms with Gasteiger partial charge in [0.15, 0.2) is 0 Å². The number of rotatable bonds is 2. The lowest BCUT2D eigenvalue weighted by Gasteiger charge is -2.34. The Balaban J connectivity index is 1.72. The largest absolute Gasteiger partial charge is 0.426 e. The van der Waals surface area contributed by atoms with E-state index in [9.17, 15) is 0 Å². The fourth-order valence-electron chi connectivity index (χ4n) is 4.01. The van der Waals surface area contributed by atoms with Gasteiger partial charge in [-0.3, -0.25) is 0 Å². The zero-order chi connectivity index (χ0) is 17.1. The second-order valence-corrected chi connectivity index (χ2v) is 8.42.